The van der Waals surface area contributed by atoms with Crippen molar-refractivity contribution in [1.82, 2.24) is 5.32 Å². The molecular formula is C4H6N2O2. The highest BCUT2D eigenvalue weighted by Gasteiger charge is 2.11. The molecule has 0 spiro atoms. The van der Waals surface area contributed by atoms with Crippen LogP contribution in [0.15, 0.2) is 11.9 Å². The van der Waals surface area contributed by atoms with E-state index in [9.17, 15) is 10.1 Å². The quantitative estimate of drug-likeness (QED) is 0.388. The summed E-state index contributed by atoms with van der Waals surface area (Å²) in [4.78, 5) is 9.47. The SMILES string of the molecule is O=[N+]([O-])C1=CCCN1. The molecule has 4 heteroatoms. The molecule has 0 aromatic carbocycles. The molecule has 0 bridgehead atoms. The van der Waals surface area contributed by atoms with Crippen LogP contribution in [0.5, 0.6) is 0 Å². The highest BCUT2D eigenvalue weighted by atomic mass is 16.6. The molecule has 0 saturated carbocycles. The Hall–Kier alpha value is -1.06. The maximum atomic E-state index is 9.88. The molecule has 0 atom stereocenters. The maximum absolute atomic E-state index is 9.88. The fraction of sp³-hybridized carbons (Fsp3) is 0.500. The van der Waals surface area contributed by atoms with Gasteiger partial charge in [-0.3, -0.25) is 5.32 Å². The van der Waals surface area contributed by atoms with Crippen molar-refractivity contribution in [2.75, 3.05) is 6.54 Å². The third-order valence-electron chi connectivity index (χ3n) is 0.985. The molecule has 0 fully saturated rings. The Balaban J connectivity index is 2.57. The Morgan fingerprint density at radius 3 is 2.88 bits per heavy atom. The van der Waals surface area contributed by atoms with E-state index in [1.165, 1.54) is 0 Å². The first-order valence-corrected chi connectivity index (χ1v) is 2.39. The third-order valence-corrected chi connectivity index (χ3v) is 0.985. The Morgan fingerprint density at radius 1 is 1.88 bits per heavy atom. The predicted octanol–water partition coefficient (Wildman–Crippen LogP) is 0.0978. The van der Waals surface area contributed by atoms with E-state index >= 15 is 0 Å². The number of nitro groups is 1. The van der Waals surface area contributed by atoms with Crippen LogP contribution in [0.2, 0.25) is 0 Å². The molecule has 0 amide bonds. The number of nitrogens with zero attached hydrogens (tertiary/aromatic N) is 1. The number of nitrogens with one attached hydrogen (secondary N) is 1. The average molecular weight is 114 g/mol. The summed E-state index contributed by atoms with van der Waals surface area (Å²) in [5.41, 5.74) is 0. The molecular weight excluding hydrogens is 108 g/mol. The molecule has 0 radical (unpaired) electrons. The Morgan fingerprint density at radius 2 is 2.62 bits per heavy atom. The van der Waals surface area contributed by atoms with E-state index in [2.05, 4.69) is 5.32 Å². The molecule has 0 aliphatic carbocycles. The number of rotatable bonds is 1. The Kier molecular flexibility index (Phi) is 1.15. The average Bonchev–Trinajstić information content (AvgIpc) is 2.12. The molecule has 4 nitrogen and oxygen atoms in total. The zero-order chi connectivity index (χ0) is 5.98. The van der Waals surface area contributed by atoms with Crippen LogP contribution in [0.3, 0.4) is 0 Å². The second kappa shape index (κ2) is 1.81. The summed E-state index contributed by atoms with van der Waals surface area (Å²) < 4.78 is 0. The lowest BCUT2D eigenvalue weighted by atomic mass is 10.5. The van der Waals surface area contributed by atoms with Crippen LogP contribution in [-0.4, -0.2) is 11.5 Å². The number of hydrogen-bond acceptors (Lipinski definition) is 3. The highest BCUT2D eigenvalue weighted by Crippen LogP contribution is 1.99. The minimum Gasteiger partial charge on any atom is -0.358 e. The summed E-state index contributed by atoms with van der Waals surface area (Å²) in [7, 11) is 0. The fourth-order valence-corrected chi connectivity index (χ4v) is 0.620. The maximum Gasteiger partial charge on any atom is 0.312 e. The van der Waals surface area contributed by atoms with E-state index in [1.54, 1.807) is 6.08 Å². The fourth-order valence-electron chi connectivity index (χ4n) is 0.620. The zero-order valence-electron chi connectivity index (χ0n) is 4.26. The van der Waals surface area contributed by atoms with E-state index in [-0.39, 0.29) is 5.82 Å². The first kappa shape index (κ1) is 5.08. The second-order valence-corrected chi connectivity index (χ2v) is 1.56. The summed E-state index contributed by atoms with van der Waals surface area (Å²) in [6, 6.07) is 0. The summed E-state index contributed by atoms with van der Waals surface area (Å²) in [6.07, 6.45) is 2.36. The van der Waals surface area contributed by atoms with Gasteiger partial charge in [-0.1, -0.05) is 0 Å². The van der Waals surface area contributed by atoms with E-state index in [1.807, 2.05) is 0 Å². The second-order valence-electron chi connectivity index (χ2n) is 1.56. The molecule has 8 heavy (non-hydrogen) atoms. The zero-order valence-corrected chi connectivity index (χ0v) is 4.26. The van der Waals surface area contributed by atoms with Crippen LogP contribution >= 0.6 is 0 Å². The van der Waals surface area contributed by atoms with Gasteiger partial charge in [-0.05, 0) is 4.92 Å². The molecule has 1 aliphatic rings. The van der Waals surface area contributed by atoms with Crippen molar-refractivity contribution < 1.29 is 4.92 Å². The van der Waals surface area contributed by atoms with Gasteiger partial charge in [0.1, 0.15) is 0 Å². The van der Waals surface area contributed by atoms with Crippen molar-refractivity contribution in [3.05, 3.63) is 22.0 Å². The Labute approximate surface area is 46.3 Å². The minimum absolute atomic E-state index is 0.144. The molecule has 44 valence electrons. The van der Waals surface area contributed by atoms with Gasteiger partial charge in [0, 0.05) is 12.5 Å². The van der Waals surface area contributed by atoms with E-state index in [4.69, 9.17) is 0 Å². The standard InChI is InChI=1S/C4H6N2O2/c7-6(8)4-2-1-3-5-4/h2,5H,1,3H2. The smallest absolute Gasteiger partial charge is 0.312 e. The van der Waals surface area contributed by atoms with E-state index in [0.29, 0.717) is 6.54 Å². The molecule has 1 heterocycles. The molecule has 1 rings (SSSR count). The van der Waals surface area contributed by atoms with Crippen LogP contribution in [0.4, 0.5) is 0 Å². The Bertz CT molecular complexity index is 141. The van der Waals surface area contributed by atoms with Gasteiger partial charge < -0.3 is 10.1 Å². The molecule has 0 aromatic rings. The first-order chi connectivity index (χ1) is 3.80. The highest BCUT2D eigenvalue weighted by molar-refractivity contribution is 4.95. The summed E-state index contributed by atoms with van der Waals surface area (Å²) >= 11 is 0. The monoisotopic (exact) mass is 114 g/mol. The summed E-state index contributed by atoms with van der Waals surface area (Å²) in [5.74, 6) is 0.144. The number of hydrogen-bond donors (Lipinski definition) is 1. The van der Waals surface area contributed by atoms with Crippen LogP contribution in [0.25, 0.3) is 0 Å². The molecule has 0 unspecified atom stereocenters. The van der Waals surface area contributed by atoms with Crippen molar-refractivity contribution in [1.29, 1.82) is 0 Å². The summed E-state index contributed by atoms with van der Waals surface area (Å²) in [6.45, 7) is 0.705. The molecule has 1 aliphatic heterocycles. The van der Waals surface area contributed by atoms with Crippen molar-refractivity contribution in [2.45, 2.75) is 6.42 Å². The minimum atomic E-state index is -0.410. The van der Waals surface area contributed by atoms with Crippen molar-refractivity contribution >= 4 is 0 Å². The van der Waals surface area contributed by atoms with Gasteiger partial charge in [0.05, 0.1) is 6.54 Å². The molecule has 0 saturated heterocycles. The predicted molar refractivity (Wildman–Crippen MR) is 27.7 cm³/mol. The van der Waals surface area contributed by atoms with E-state index < -0.39 is 4.92 Å². The van der Waals surface area contributed by atoms with Gasteiger partial charge in [0.2, 0.25) is 0 Å². The van der Waals surface area contributed by atoms with Crippen LogP contribution in [0, 0.1) is 10.1 Å². The van der Waals surface area contributed by atoms with Crippen molar-refractivity contribution in [3.63, 3.8) is 0 Å². The molecule has 0 aromatic heterocycles. The first-order valence-electron chi connectivity index (χ1n) is 2.39. The normalized spacial score (nSPS) is 17.2. The van der Waals surface area contributed by atoms with E-state index in [0.717, 1.165) is 6.42 Å². The van der Waals surface area contributed by atoms with Gasteiger partial charge in [0.25, 0.3) is 0 Å². The lowest BCUT2D eigenvalue weighted by Gasteiger charge is -1.91. The summed E-state index contributed by atoms with van der Waals surface area (Å²) in [5, 5.41) is 12.5. The van der Waals surface area contributed by atoms with Crippen LogP contribution in [0.1, 0.15) is 6.42 Å². The topological polar surface area (TPSA) is 55.2 Å². The molecule has 1 N–H and O–H groups in total. The lowest BCUT2D eigenvalue weighted by Crippen LogP contribution is -2.13. The van der Waals surface area contributed by atoms with Crippen LogP contribution < -0.4 is 5.32 Å². The van der Waals surface area contributed by atoms with Gasteiger partial charge >= 0.3 is 5.82 Å². The van der Waals surface area contributed by atoms with Gasteiger partial charge in [-0.25, -0.2) is 0 Å². The largest absolute Gasteiger partial charge is 0.358 e. The van der Waals surface area contributed by atoms with Gasteiger partial charge in [-0.2, -0.15) is 0 Å². The van der Waals surface area contributed by atoms with Crippen molar-refractivity contribution in [2.24, 2.45) is 0 Å². The lowest BCUT2D eigenvalue weighted by molar-refractivity contribution is -0.430. The van der Waals surface area contributed by atoms with Gasteiger partial charge in [-0.15, -0.1) is 0 Å². The van der Waals surface area contributed by atoms with Crippen molar-refractivity contribution in [3.8, 4) is 0 Å². The van der Waals surface area contributed by atoms with Crippen LogP contribution in [-0.2, 0) is 0 Å². The van der Waals surface area contributed by atoms with Gasteiger partial charge in [0.15, 0.2) is 0 Å². The third kappa shape index (κ3) is 0.776.